The number of hydrazine groups is 1. The van der Waals surface area contributed by atoms with Crippen molar-refractivity contribution in [1.29, 1.82) is 0 Å². The van der Waals surface area contributed by atoms with E-state index in [4.69, 9.17) is 14.2 Å². The van der Waals surface area contributed by atoms with Gasteiger partial charge in [0.05, 0.1) is 11.5 Å². The van der Waals surface area contributed by atoms with Crippen LogP contribution in [0.25, 0.3) is 0 Å². The SMILES string of the molecule is CCOc1ccc(S(=O)(=O)NNC(=O)COc2cccc3c2OC(C)(C)C3)cc1. The number of carbonyl (C=O) groups excluding carboxylic acids is 1. The molecule has 156 valence electrons. The minimum absolute atomic E-state index is 0.00122. The predicted molar refractivity (Wildman–Crippen MR) is 106 cm³/mol. The van der Waals surface area contributed by atoms with Gasteiger partial charge in [-0.05, 0) is 51.1 Å². The average molecular weight is 420 g/mol. The van der Waals surface area contributed by atoms with Crippen LogP contribution in [-0.2, 0) is 21.2 Å². The highest BCUT2D eigenvalue weighted by Gasteiger charge is 2.32. The van der Waals surface area contributed by atoms with E-state index in [2.05, 4.69) is 5.43 Å². The molecule has 1 aliphatic rings. The molecule has 1 amide bonds. The molecule has 0 aromatic heterocycles. The molecule has 0 bridgehead atoms. The highest BCUT2D eigenvalue weighted by Crippen LogP contribution is 2.41. The third-order valence-electron chi connectivity index (χ3n) is 4.18. The van der Waals surface area contributed by atoms with E-state index < -0.39 is 15.9 Å². The summed E-state index contributed by atoms with van der Waals surface area (Å²) in [5, 5.41) is 0. The predicted octanol–water partition coefficient (Wildman–Crippen LogP) is 2.19. The highest BCUT2D eigenvalue weighted by atomic mass is 32.2. The molecule has 2 aromatic carbocycles. The molecule has 1 aliphatic heterocycles. The second-order valence-corrected chi connectivity index (χ2v) is 8.81. The van der Waals surface area contributed by atoms with Crippen LogP contribution in [0.5, 0.6) is 17.2 Å². The van der Waals surface area contributed by atoms with Gasteiger partial charge < -0.3 is 14.2 Å². The summed E-state index contributed by atoms with van der Waals surface area (Å²) in [6.45, 7) is 5.89. The molecule has 0 saturated carbocycles. The van der Waals surface area contributed by atoms with E-state index in [1.54, 1.807) is 18.2 Å². The Kier molecular flexibility index (Phi) is 5.99. The topological polar surface area (TPSA) is 103 Å². The molecular formula is C20H24N2O6S. The van der Waals surface area contributed by atoms with Gasteiger partial charge in [0.2, 0.25) is 0 Å². The summed E-state index contributed by atoms with van der Waals surface area (Å²) in [5.74, 6) is 0.969. The van der Waals surface area contributed by atoms with E-state index in [1.165, 1.54) is 12.1 Å². The monoisotopic (exact) mass is 420 g/mol. The average Bonchev–Trinajstić information content (AvgIpc) is 3.00. The van der Waals surface area contributed by atoms with Gasteiger partial charge in [0.15, 0.2) is 18.1 Å². The maximum absolute atomic E-state index is 12.3. The van der Waals surface area contributed by atoms with E-state index in [-0.39, 0.29) is 17.1 Å². The van der Waals surface area contributed by atoms with Crippen molar-refractivity contribution in [2.45, 2.75) is 37.7 Å². The van der Waals surface area contributed by atoms with Gasteiger partial charge in [0.1, 0.15) is 11.4 Å². The van der Waals surface area contributed by atoms with E-state index in [1.807, 2.05) is 37.7 Å². The van der Waals surface area contributed by atoms with Crippen LogP contribution >= 0.6 is 0 Å². The maximum atomic E-state index is 12.3. The zero-order valence-corrected chi connectivity index (χ0v) is 17.3. The lowest BCUT2D eigenvalue weighted by molar-refractivity contribution is -0.123. The summed E-state index contributed by atoms with van der Waals surface area (Å²) in [5.41, 5.74) is 2.81. The Morgan fingerprint density at radius 3 is 2.55 bits per heavy atom. The molecule has 3 rings (SSSR count). The van der Waals surface area contributed by atoms with Crippen LogP contribution < -0.4 is 24.5 Å². The second-order valence-electron chi connectivity index (χ2n) is 7.13. The van der Waals surface area contributed by atoms with E-state index in [9.17, 15) is 13.2 Å². The second kappa shape index (κ2) is 8.30. The first-order chi connectivity index (χ1) is 13.7. The standard InChI is InChI=1S/C20H24N2O6S/c1-4-26-15-8-10-16(11-9-15)29(24,25)22-21-18(23)13-27-17-7-5-6-14-12-20(2,3)28-19(14)17/h5-11,22H,4,12-13H2,1-3H3,(H,21,23). The van der Waals surface area contributed by atoms with Crippen LogP contribution in [0.1, 0.15) is 26.3 Å². The number of para-hydroxylation sites is 1. The summed E-state index contributed by atoms with van der Waals surface area (Å²) in [7, 11) is -3.91. The Morgan fingerprint density at radius 2 is 1.86 bits per heavy atom. The van der Waals surface area contributed by atoms with Gasteiger partial charge in [-0.2, -0.15) is 0 Å². The first-order valence-corrected chi connectivity index (χ1v) is 10.7. The first kappa shape index (κ1) is 20.9. The van der Waals surface area contributed by atoms with Gasteiger partial charge in [0, 0.05) is 12.0 Å². The van der Waals surface area contributed by atoms with Crippen molar-refractivity contribution in [2.75, 3.05) is 13.2 Å². The third kappa shape index (κ3) is 5.18. The Hall–Kier alpha value is -2.78. The summed E-state index contributed by atoms with van der Waals surface area (Å²) in [6.07, 6.45) is 0.744. The lowest BCUT2D eigenvalue weighted by Gasteiger charge is -2.18. The van der Waals surface area contributed by atoms with Gasteiger partial charge in [-0.15, -0.1) is 4.83 Å². The summed E-state index contributed by atoms with van der Waals surface area (Å²) < 4.78 is 41.2. The molecule has 0 fully saturated rings. The van der Waals surface area contributed by atoms with Crippen LogP contribution in [0.4, 0.5) is 0 Å². The molecule has 0 radical (unpaired) electrons. The van der Waals surface area contributed by atoms with Crippen molar-refractivity contribution in [2.24, 2.45) is 0 Å². The van der Waals surface area contributed by atoms with Crippen molar-refractivity contribution >= 4 is 15.9 Å². The number of nitrogens with one attached hydrogen (secondary N) is 2. The van der Waals surface area contributed by atoms with Crippen molar-refractivity contribution in [3.63, 3.8) is 0 Å². The number of rotatable bonds is 8. The van der Waals surface area contributed by atoms with Crippen molar-refractivity contribution in [3.8, 4) is 17.2 Å². The normalized spacial score (nSPS) is 14.6. The minimum Gasteiger partial charge on any atom is -0.494 e. The summed E-state index contributed by atoms with van der Waals surface area (Å²) in [6, 6.07) is 11.3. The molecule has 0 saturated heterocycles. The zero-order chi connectivity index (χ0) is 21.1. The lowest BCUT2D eigenvalue weighted by atomic mass is 10.0. The molecule has 29 heavy (non-hydrogen) atoms. The Labute approximate surface area is 170 Å². The molecule has 1 heterocycles. The number of sulfonamides is 1. The number of ether oxygens (including phenoxy) is 3. The number of carbonyl (C=O) groups is 1. The van der Waals surface area contributed by atoms with Crippen LogP contribution in [-0.4, -0.2) is 33.1 Å². The van der Waals surface area contributed by atoms with Crippen LogP contribution in [0, 0.1) is 0 Å². The van der Waals surface area contributed by atoms with Gasteiger partial charge in [-0.3, -0.25) is 10.2 Å². The van der Waals surface area contributed by atoms with Gasteiger partial charge in [-0.1, -0.05) is 12.1 Å². The molecule has 8 nitrogen and oxygen atoms in total. The molecular weight excluding hydrogens is 396 g/mol. The number of amides is 1. The maximum Gasteiger partial charge on any atom is 0.272 e. The molecule has 0 atom stereocenters. The molecule has 0 spiro atoms. The van der Waals surface area contributed by atoms with Crippen molar-refractivity contribution in [1.82, 2.24) is 10.3 Å². The number of hydrogen-bond donors (Lipinski definition) is 2. The number of fused-ring (bicyclic) bond motifs is 1. The van der Waals surface area contributed by atoms with E-state index in [0.29, 0.717) is 23.9 Å². The Morgan fingerprint density at radius 1 is 1.14 bits per heavy atom. The fourth-order valence-electron chi connectivity index (χ4n) is 2.95. The lowest BCUT2D eigenvalue weighted by Crippen LogP contribution is -2.43. The van der Waals surface area contributed by atoms with Gasteiger partial charge >= 0.3 is 0 Å². The molecule has 2 aromatic rings. The highest BCUT2D eigenvalue weighted by molar-refractivity contribution is 7.89. The zero-order valence-electron chi connectivity index (χ0n) is 16.5. The largest absolute Gasteiger partial charge is 0.494 e. The number of hydrogen-bond acceptors (Lipinski definition) is 6. The smallest absolute Gasteiger partial charge is 0.272 e. The van der Waals surface area contributed by atoms with Crippen molar-refractivity contribution < 1.29 is 27.4 Å². The molecule has 0 unspecified atom stereocenters. The summed E-state index contributed by atoms with van der Waals surface area (Å²) >= 11 is 0. The quantitative estimate of drug-likeness (QED) is 0.635. The fraction of sp³-hybridized carbons (Fsp3) is 0.350. The molecule has 0 aliphatic carbocycles. The van der Waals surface area contributed by atoms with Crippen LogP contribution in [0.15, 0.2) is 47.4 Å². The van der Waals surface area contributed by atoms with Crippen LogP contribution in [0.2, 0.25) is 0 Å². The van der Waals surface area contributed by atoms with E-state index in [0.717, 1.165) is 12.0 Å². The number of benzene rings is 2. The first-order valence-electron chi connectivity index (χ1n) is 9.17. The summed E-state index contributed by atoms with van der Waals surface area (Å²) in [4.78, 5) is 14.1. The van der Waals surface area contributed by atoms with E-state index >= 15 is 0 Å². The third-order valence-corrected chi connectivity index (χ3v) is 5.45. The molecule has 9 heteroatoms. The van der Waals surface area contributed by atoms with Gasteiger partial charge in [-0.25, -0.2) is 8.42 Å². The Balaban J connectivity index is 1.55. The minimum atomic E-state index is -3.91. The fourth-order valence-corrected chi connectivity index (χ4v) is 3.81. The van der Waals surface area contributed by atoms with Crippen molar-refractivity contribution in [3.05, 3.63) is 48.0 Å². The Bertz CT molecular complexity index is 987. The van der Waals surface area contributed by atoms with Gasteiger partial charge in [0.25, 0.3) is 15.9 Å². The van der Waals surface area contributed by atoms with Crippen LogP contribution in [0.3, 0.4) is 0 Å². The molecule has 2 N–H and O–H groups in total.